The lowest BCUT2D eigenvalue weighted by atomic mass is 10.0. The Kier molecular flexibility index (Phi) is 5.62. The molecular formula is C16H25ClN4. The molecule has 1 aliphatic heterocycles. The highest BCUT2D eigenvalue weighted by atomic mass is 35.5. The number of likely N-dealkylation sites (tertiary alicyclic amines) is 1. The van der Waals surface area contributed by atoms with Crippen molar-refractivity contribution in [3.05, 3.63) is 30.0 Å². The van der Waals surface area contributed by atoms with Crippen LogP contribution in [0, 0.1) is 0 Å². The first-order chi connectivity index (χ1) is 9.83. The van der Waals surface area contributed by atoms with Crippen molar-refractivity contribution in [3.63, 3.8) is 0 Å². The van der Waals surface area contributed by atoms with Gasteiger partial charge in [-0.3, -0.25) is 9.58 Å². The van der Waals surface area contributed by atoms with Crippen LogP contribution in [0.25, 0.3) is 10.9 Å². The average Bonchev–Trinajstić information content (AvgIpc) is 2.86. The van der Waals surface area contributed by atoms with E-state index in [1.54, 1.807) is 0 Å². The van der Waals surface area contributed by atoms with E-state index < -0.39 is 0 Å². The van der Waals surface area contributed by atoms with Crippen LogP contribution < -0.4 is 5.73 Å². The Labute approximate surface area is 132 Å². The summed E-state index contributed by atoms with van der Waals surface area (Å²) in [5.74, 6) is 0. The molecule has 0 aliphatic carbocycles. The fourth-order valence-corrected chi connectivity index (χ4v) is 3.28. The molecule has 1 saturated heterocycles. The normalized spacial score (nSPS) is 19.6. The standard InChI is InChI=1S/C16H24N4.ClH/c1-2-20-16-9-4-3-8-14(16)15(18-20)12-19-10-6-5-7-13(19)11-17;/h3-4,8-9,13H,2,5-7,10-12,17H2,1H3;1H. The number of aromatic nitrogens is 2. The molecule has 2 N–H and O–H groups in total. The molecule has 0 spiro atoms. The summed E-state index contributed by atoms with van der Waals surface area (Å²) in [6, 6.07) is 9.06. The topological polar surface area (TPSA) is 47.1 Å². The molecule has 4 nitrogen and oxygen atoms in total. The molecule has 21 heavy (non-hydrogen) atoms. The summed E-state index contributed by atoms with van der Waals surface area (Å²) in [6.07, 6.45) is 3.81. The van der Waals surface area contributed by atoms with Crippen molar-refractivity contribution in [2.24, 2.45) is 5.73 Å². The Morgan fingerprint density at radius 2 is 2.10 bits per heavy atom. The van der Waals surface area contributed by atoms with Crippen LogP contribution in [0.1, 0.15) is 31.9 Å². The monoisotopic (exact) mass is 308 g/mol. The largest absolute Gasteiger partial charge is 0.329 e. The maximum absolute atomic E-state index is 5.92. The molecule has 1 unspecified atom stereocenters. The van der Waals surface area contributed by atoms with Crippen molar-refractivity contribution in [1.29, 1.82) is 0 Å². The molecule has 116 valence electrons. The van der Waals surface area contributed by atoms with Crippen molar-refractivity contribution >= 4 is 23.3 Å². The Bertz CT molecular complexity index is 581. The zero-order valence-electron chi connectivity index (χ0n) is 12.7. The average molecular weight is 309 g/mol. The van der Waals surface area contributed by atoms with Crippen LogP contribution in [-0.4, -0.2) is 33.8 Å². The minimum absolute atomic E-state index is 0. The lowest BCUT2D eigenvalue weighted by Gasteiger charge is -2.34. The predicted octanol–water partition coefficient (Wildman–Crippen LogP) is 2.79. The van der Waals surface area contributed by atoms with E-state index in [2.05, 4.69) is 40.8 Å². The molecule has 3 rings (SSSR count). The van der Waals surface area contributed by atoms with E-state index in [0.717, 1.165) is 26.2 Å². The molecule has 1 aromatic heterocycles. The minimum atomic E-state index is 0. The molecule has 2 aromatic rings. The zero-order chi connectivity index (χ0) is 13.9. The molecule has 0 saturated carbocycles. The quantitative estimate of drug-likeness (QED) is 0.945. The Morgan fingerprint density at radius 3 is 2.86 bits per heavy atom. The highest BCUT2D eigenvalue weighted by Crippen LogP contribution is 2.23. The van der Waals surface area contributed by atoms with Crippen LogP contribution in [0.3, 0.4) is 0 Å². The van der Waals surface area contributed by atoms with E-state index >= 15 is 0 Å². The van der Waals surface area contributed by atoms with Gasteiger partial charge in [-0.15, -0.1) is 12.4 Å². The van der Waals surface area contributed by atoms with E-state index in [1.165, 1.54) is 35.9 Å². The van der Waals surface area contributed by atoms with Crippen molar-refractivity contribution in [3.8, 4) is 0 Å². The van der Waals surface area contributed by atoms with Crippen LogP contribution >= 0.6 is 12.4 Å². The summed E-state index contributed by atoms with van der Waals surface area (Å²) in [7, 11) is 0. The van der Waals surface area contributed by atoms with Gasteiger partial charge in [0.1, 0.15) is 0 Å². The lowest BCUT2D eigenvalue weighted by molar-refractivity contribution is 0.143. The minimum Gasteiger partial charge on any atom is -0.329 e. The summed E-state index contributed by atoms with van der Waals surface area (Å²) in [5, 5.41) is 6.09. The van der Waals surface area contributed by atoms with E-state index in [4.69, 9.17) is 10.8 Å². The van der Waals surface area contributed by atoms with Crippen LogP contribution in [-0.2, 0) is 13.1 Å². The van der Waals surface area contributed by atoms with E-state index in [0.29, 0.717) is 6.04 Å². The predicted molar refractivity (Wildman–Crippen MR) is 89.8 cm³/mol. The number of nitrogens with two attached hydrogens (primary N) is 1. The molecule has 0 radical (unpaired) electrons. The first-order valence-corrected chi connectivity index (χ1v) is 7.72. The Hall–Kier alpha value is -1.10. The second-order valence-corrected chi connectivity index (χ2v) is 5.64. The van der Waals surface area contributed by atoms with Gasteiger partial charge in [0.25, 0.3) is 0 Å². The van der Waals surface area contributed by atoms with Gasteiger partial charge >= 0.3 is 0 Å². The maximum atomic E-state index is 5.92. The molecule has 1 fully saturated rings. The zero-order valence-corrected chi connectivity index (χ0v) is 13.5. The molecule has 1 aromatic carbocycles. The third-order valence-corrected chi connectivity index (χ3v) is 4.41. The third-order valence-electron chi connectivity index (χ3n) is 4.41. The molecule has 0 bridgehead atoms. The Morgan fingerprint density at radius 1 is 1.29 bits per heavy atom. The van der Waals surface area contributed by atoms with Crippen molar-refractivity contribution in [2.75, 3.05) is 13.1 Å². The van der Waals surface area contributed by atoms with Crippen LogP contribution in [0.4, 0.5) is 0 Å². The molecule has 2 heterocycles. The van der Waals surface area contributed by atoms with Crippen LogP contribution in [0.2, 0.25) is 0 Å². The van der Waals surface area contributed by atoms with Crippen molar-refractivity contribution in [2.45, 2.75) is 45.3 Å². The highest BCUT2D eigenvalue weighted by Gasteiger charge is 2.23. The van der Waals surface area contributed by atoms with Gasteiger partial charge in [-0.2, -0.15) is 5.10 Å². The molecule has 0 amide bonds. The molecule has 5 heteroatoms. The fraction of sp³-hybridized carbons (Fsp3) is 0.562. The number of halogens is 1. The van der Waals surface area contributed by atoms with Gasteiger partial charge in [-0.1, -0.05) is 24.6 Å². The van der Waals surface area contributed by atoms with Gasteiger partial charge in [-0.05, 0) is 32.4 Å². The van der Waals surface area contributed by atoms with E-state index in [9.17, 15) is 0 Å². The number of benzene rings is 1. The van der Waals surface area contributed by atoms with Crippen molar-refractivity contribution < 1.29 is 0 Å². The van der Waals surface area contributed by atoms with E-state index in [1.807, 2.05) is 0 Å². The number of para-hydroxylation sites is 1. The van der Waals surface area contributed by atoms with Gasteiger partial charge in [0.15, 0.2) is 0 Å². The second kappa shape index (κ2) is 7.25. The third kappa shape index (κ3) is 3.23. The van der Waals surface area contributed by atoms with Gasteiger partial charge in [0.2, 0.25) is 0 Å². The SMILES string of the molecule is CCn1nc(CN2CCCCC2CN)c2ccccc21.Cl. The summed E-state index contributed by atoms with van der Waals surface area (Å²) in [4.78, 5) is 2.51. The summed E-state index contributed by atoms with van der Waals surface area (Å²) >= 11 is 0. The lowest BCUT2D eigenvalue weighted by Crippen LogP contribution is -2.43. The number of aryl methyl sites for hydroxylation is 1. The number of nitrogens with zero attached hydrogens (tertiary/aromatic N) is 3. The van der Waals surface area contributed by atoms with Crippen LogP contribution in [0.15, 0.2) is 24.3 Å². The number of hydrogen-bond acceptors (Lipinski definition) is 3. The maximum Gasteiger partial charge on any atom is 0.0843 e. The summed E-state index contributed by atoms with van der Waals surface area (Å²) in [6.45, 7) is 5.89. The summed E-state index contributed by atoms with van der Waals surface area (Å²) < 4.78 is 2.10. The van der Waals surface area contributed by atoms with Gasteiger partial charge < -0.3 is 5.73 Å². The van der Waals surface area contributed by atoms with Crippen LogP contribution in [0.5, 0.6) is 0 Å². The number of piperidine rings is 1. The summed E-state index contributed by atoms with van der Waals surface area (Å²) in [5.41, 5.74) is 8.36. The number of fused-ring (bicyclic) bond motifs is 1. The molecule has 1 aliphatic rings. The number of rotatable bonds is 4. The van der Waals surface area contributed by atoms with Gasteiger partial charge in [-0.25, -0.2) is 0 Å². The smallest absolute Gasteiger partial charge is 0.0843 e. The molecular weight excluding hydrogens is 284 g/mol. The van der Waals surface area contributed by atoms with Gasteiger partial charge in [0, 0.05) is 31.1 Å². The first kappa shape index (κ1) is 16.3. The first-order valence-electron chi connectivity index (χ1n) is 7.72. The highest BCUT2D eigenvalue weighted by molar-refractivity contribution is 5.85. The van der Waals surface area contributed by atoms with E-state index in [-0.39, 0.29) is 12.4 Å². The number of hydrogen-bond donors (Lipinski definition) is 1. The fourth-order valence-electron chi connectivity index (χ4n) is 3.28. The van der Waals surface area contributed by atoms with Gasteiger partial charge in [0.05, 0.1) is 11.2 Å². The Balaban J connectivity index is 0.00000161. The molecule has 1 atom stereocenters. The second-order valence-electron chi connectivity index (χ2n) is 5.64. The van der Waals surface area contributed by atoms with Crippen molar-refractivity contribution in [1.82, 2.24) is 14.7 Å².